The van der Waals surface area contributed by atoms with Gasteiger partial charge in [0.05, 0.1) is 18.6 Å². The summed E-state index contributed by atoms with van der Waals surface area (Å²) in [5.41, 5.74) is 6.47. The summed E-state index contributed by atoms with van der Waals surface area (Å²) in [6.45, 7) is -2.95. The number of benzene rings is 2. The van der Waals surface area contributed by atoms with Crippen LogP contribution in [0.5, 0.6) is 11.5 Å². The van der Waals surface area contributed by atoms with Crippen LogP contribution in [-0.4, -0.2) is 36.5 Å². The molecule has 0 aromatic heterocycles. The number of hydrogen-bond donors (Lipinski definition) is 1. The minimum Gasteiger partial charge on any atom is -0.497 e. The number of primary amides is 1. The number of carbonyl (C=O) groups is 2. The molecule has 0 atom stereocenters. The normalized spacial score (nSPS) is 14.9. The first-order valence-corrected chi connectivity index (χ1v) is 9.61. The molecular weight excluding hydrogens is 416 g/mol. The summed E-state index contributed by atoms with van der Waals surface area (Å²) in [7, 11) is 1.55. The second kappa shape index (κ2) is 9.40. The first-order valence-electron chi connectivity index (χ1n) is 8.62. The largest absolute Gasteiger partial charge is 0.497 e. The van der Waals surface area contributed by atoms with Gasteiger partial charge in [-0.15, -0.1) is 0 Å². The number of amidine groups is 1. The fourth-order valence-corrected chi connectivity index (χ4v) is 3.34. The zero-order valence-electron chi connectivity index (χ0n) is 15.7. The van der Waals surface area contributed by atoms with Gasteiger partial charge in [-0.1, -0.05) is 23.9 Å². The van der Waals surface area contributed by atoms with Crippen LogP contribution in [0.15, 0.2) is 59.2 Å². The molecule has 2 aromatic carbocycles. The number of ether oxygens (including phenoxy) is 2. The number of hydrogen-bond acceptors (Lipinski definition) is 6. The van der Waals surface area contributed by atoms with Crippen LogP contribution in [0.4, 0.5) is 14.5 Å². The number of alkyl halides is 2. The molecule has 2 N–H and O–H groups in total. The summed E-state index contributed by atoms with van der Waals surface area (Å²) in [4.78, 5) is 29.8. The van der Waals surface area contributed by atoms with Gasteiger partial charge < -0.3 is 15.2 Å². The Balaban J connectivity index is 1.90. The van der Waals surface area contributed by atoms with E-state index in [1.165, 1.54) is 29.2 Å². The Morgan fingerprint density at radius 1 is 1.17 bits per heavy atom. The Bertz CT molecular complexity index is 992. The number of amides is 2. The molecule has 0 bridgehead atoms. The van der Waals surface area contributed by atoms with Crippen LogP contribution in [-0.2, 0) is 9.59 Å². The summed E-state index contributed by atoms with van der Waals surface area (Å²) < 4.78 is 34.2. The molecule has 30 heavy (non-hydrogen) atoms. The average molecular weight is 433 g/mol. The van der Waals surface area contributed by atoms with Gasteiger partial charge in [0, 0.05) is 0 Å². The summed E-state index contributed by atoms with van der Waals surface area (Å²) in [5.74, 6) is -0.449. The monoisotopic (exact) mass is 433 g/mol. The first kappa shape index (κ1) is 21.3. The lowest BCUT2D eigenvalue weighted by Crippen LogP contribution is -2.31. The number of anilines is 1. The zero-order chi connectivity index (χ0) is 21.7. The first-order chi connectivity index (χ1) is 14.4. The van der Waals surface area contributed by atoms with Gasteiger partial charge in [0.2, 0.25) is 5.91 Å². The highest BCUT2D eigenvalue weighted by Gasteiger charge is 2.32. The highest BCUT2D eigenvalue weighted by Crippen LogP contribution is 2.31. The van der Waals surface area contributed by atoms with E-state index in [9.17, 15) is 18.4 Å². The van der Waals surface area contributed by atoms with Crippen molar-refractivity contribution in [3.8, 4) is 11.5 Å². The molecule has 0 aliphatic carbocycles. The van der Waals surface area contributed by atoms with Crippen LogP contribution < -0.4 is 20.1 Å². The van der Waals surface area contributed by atoms with Crippen molar-refractivity contribution in [1.29, 1.82) is 0 Å². The molecule has 3 rings (SSSR count). The van der Waals surface area contributed by atoms with Crippen molar-refractivity contribution >= 4 is 40.5 Å². The van der Waals surface area contributed by atoms with Crippen molar-refractivity contribution in [3.05, 3.63) is 59.8 Å². The molecule has 2 amide bonds. The molecule has 0 saturated heterocycles. The van der Waals surface area contributed by atoms with Gasteiger partial charge in [0.1, 0.15) is 17.2 Å². The van der Waals surface area contributed by atoms with Crippen molar-refractivity contribution < 1.29 is 27.8 Å². The van der Waals surface area contributed by atoms with E-state index in [2.05, 4.69) is 9.73 Å². The topological polar surface area (TPSA) is 94.2 Å². The molecule has 0 saturated carbocycles. The Morgan fingerprint density at radius 3 is 2.37 bits per heavy atom. The third-order valence-corrected chi connectivity index (χ3v) is 4.87. The fourth-order valence-electron chi connectivity index (χ4n) is 2.59. The van der Waals surface area contributed by atoms with Crippen LogP contribution in [0.25, 0.3) is 6.08 Å². The number of methoxy groups -OCH3 is 1. The summed E-state index contributed by atoms with van der Waals surface area (Å²) >= 11 is 1.00. The minimum atomic E-state index is -2.95. The van der Waals surface area contributed by atoms with E-state index >= 15 is 0 Å². The number of thioether (sulfide) groups is 1. The molecule has 0 spiro atoms. The van der Waals surface area contributed by atoms with Gasteiger partial charge in [0.15, 0.2) is 5.17 Å². The minimum absolute atomic E-state index is 0.0438. The molecule has 0 unspecified atom stereocenters. The summed E-state index contributed by atoms with van der Waals surface area (Å²) in [6, 6.07) is 12.6. The molecule has 0 radical (unpaired) electrons. The summed E-state index contributed by atoms with van der Waals surface area (Å²) in [6.07, 6.45) is 1.60. The third kappa shape index (κ3) is 5.15. The quantitative estimate of drug-likeness (QED) is 0.677. The van der Waals surface area contributed by atoms with E-state index in [0.717, 1.165) is 17.3 Å². The lowest BCUT2D eigenvalue weighted by atomic mass is 10.2. The van der Waals surface area contributed by atoms with Crippen LogP contribution in [0.3, 0.4) is 0 Å². The Labute approximate surface area is 175 Å². The Kier molecular flexibility index (Phi) is 6.68. The second-order valence-corrected chi connectivity index (χ2v) is 6.91. The molecule has 2 aromatic rings. The predicted molar refractivity (Wildman–Crippen MR) is 111 cm³/mol. The molecule has 0 fully saturated rings. The third-order valence-electron chi connectivity index (χ3n) is 3.91. The Hall–Kier alpha value is -3.40. The van der Waals surface area contributed by atoms with E-state index in [-0.39, 0.29) is 22.4 Å². The summed E-state index contributed by atoms with van der Waals surface area (Å²) in [5, 5.41) is 0.251. The standard InChI is InChI=1S/C20H17F2N3O4S/c1-28-14-6-2-12(3-7-14)10-16-18(27)25(20(24-16)30-11-17(23)26)13-4-8-15(9-5-13)29-19(21)22/h2-10,19H,11H2,1H3,(H2,23,26)/b16-10-. The molecule has 156 valence electrons. The average Bonchev–Trinajstić information content (AvgIpc) is 3.02. The molecule has 1 aliphatic rings. The smallest absolute Gasteiger partial charge is 0.387 e. The van der Waals surface area contributed by atoms with E-state index in [4.69, 9.17) is 10.5 Å². The van der Waals surface area contributed by atoms with Gasteiger partial charge in [-0.05, 0) is 48.0 Å². The molecular formula is C20H17F2N3O4S. The van der Waals surface area contributed by atoms with Crippen LogP contribution in [0.1, 0.15) is 5.56 Å². The molecule has 1 aliphatic heterocycles. The highest BCUT2D eigenvalue weighted by molar-refractivity contribution is 8.14. The van der Waals surface area contributed by atoms with E-state index in [1.54, 1.807) is 37.5 Å². The van der Waals surface area contributed by atoms with E-state index in [1.807, 2.05) is 0 Å². The lowest BCUT2D eigenvalue weighted by molar-refractivity contribution is -0.115. The fraction of sp³-hybridized carbons (Fsp3) is 0.150. The number of halogens is 2. The van der Waals surface area contributed by atoms with Crippen molar-refractivity contribution in [2.45, 2.75) is 6.61 Å². The number of nitrogens with zero attached hydrogens (tertiary/aromatic N) is 2. The highest BCUT2D eigenvalue weighted by atomic mass is 32.2. The maximum atomic E-state index is 13.0. The number of rotatable bonds is 7. The lowest BCUT2D eigenvalue weighted by Gasteiger charge is -2.18. The van der Waals surface area contributed by atoms with Gasteiger partial charge in [-0.2, -0.15) is 8.78 Å². The molecule has 10 heteroatoms. The van der Waals surface area contributed by atoms with Gasteiger partial charge in [-0.25, -0.2) is 4.99 Å². The van der Waals surface area contributed by atoms with Crippen molar-refractivity contribution in [1.82, 2.24) is 0 Å². The van der Waals surface area contributed by atoms with E-state index < -0.39 is 18.4 Å². The van der Waals surface area contributed by atoms with Crippen molar-refractivity contribution in [2.24, 2.45) is 10.7 Å². The van der Waals surface area contributed by atoms with E-state index in [0.29, 0.717) is 11.4 Å². The van der Waals surface area contributed by atoms with Crippen molar-refractivity contribution in [3.63, 3.8) is 0 Å². The maximum Gasteiger partial charge on any atom is 0.387 e. The predicted octanol–water partition coefficient (Wildman–Crippen LogP) is 3.26. The number of carbonyl (C=O) groups excluding carboxylic acids is 2. The maximum absolute atomic E-state index is 13.0. The van der Waals surface area contributed by atoms with Crippen molar-refractivity contribution in [2.75, 3.05) is 17.8 Å². The number of nitrogens with two attached hydrogens (primary N) is 1. The van der Waals surface area contributed by atoms with Crippen LogP contribution in [0.2, 0.25) is 0 Å². The second-order valence-electron chi connectivity index (χ2n) is 5.97. The number of aliphatic imine (C=N–C) groups is 1. The van der Waals surface area contributed by atoms with Gasteiger partial charge in [0.25, 0.3) is 5.91 Å². The van der Waals surface area contributed by atoms with Crippen LogP contribution in [0, 0.1) is 0 Å². The zero-order valence-corrected chi connectivity index (χ0v) is 16.6. The molecule has 7 nitrogen and oxygen atoms in total. The van der Waals surface area contributed by atoms with Gasteiger partial charge >= 0.3 is 6.61 Å². The van der Waals surface area contributed by atoms with Gasteiger partial charge in [-0.3, -0.25) is 14.5 Å². The van der Waals surface area contributed by atoms with Crippen LogP contribution >= 0.6 is 11.8 Å². The Morgan fingerprint density at radius 2 is 1.80 bits per heavy atom. The molecule has 1 heterocycles. The SMILES string of the molecule is COc1ccc(/C=C2\N=C(SCC(N)=O)N(c3ccc(OC(F)F)cc3)C2=O)cc1.